The van der Waals surface area contributed by atoms with Gasteiger partial charge in [-0.05, 0) is 36.6 Å². The van der Waals surface area contributed by atoms with E-state index in [1.807, 2.05) is 42.5 Å². The zero-order valence-corrected chi connectivity index (χ0v) is 13.0. The Labute approximate surface area is 130 Å². The Kier molecular flexibility index (Phi) is 5.47. The molecule has 20 heavy (non-hydrogen) atoms. The predicted molar refractivity (Wildman–Crippen MR) is 85.6 cm³/mol. The molecule has 0 radical (unpaired) electrons. The van der Waals surface area contributed by atoms with Crippen LogP contribution in [0.5, 0.6) is 0 Å². The van der Waals surface area contributed by atoms with Crippen LogP contribution in [0.2, 0.25) is 5.02 Å². The van der Waals surface area contributed by atoms with E-state index in [0.717, 1.165) is 22.6 Å². The highest BCUT2D eigenvalue weighted by molar-refractivity contribution is 6.30. The summed E-state index contributed by atoms with van der Waals surface area (Å²) in [6.07, 6.45) is 0.831. The Balaban J connectivity index is 2.35. The summed E-state index contributed by atoms with van der Waals surface area (Å²) >= 11 is 11.7. The van der Waals surface area contributed by atoms with Gasteiger partial charge in [0, 0.05) is 17.5 Å². The van der Waals surface area contributed by atoms with E-state index in [4.69, 9.17) is 27.9 Å². The summed E-state index contributed by atoms with van der Waals surface area (Å²) in [5, 5.41) is 0.727. The number of rotatable bonds is 6. The fraction of sp³-hybridized carbons (Fsp3) is 0.294. The molecule has 0 N–H and O–H groups in total. The number of hydrogen-bond donors (Lipinski definition) is 0. The summed E-state index contributed by atoms with van der Waals surface area (Å²) < 4.78 is 6.15. The molecule has 2 aromatic carbocycles. The summed E-state index contributed by atoms with van der Waals surface area (Å²) in [5.74, 6) is 0.603. The van der Waals surface area contributed by atoms with Crippen LogP contribution in [0.1, 0.15) is 24.5 Å². The fourth-order valence-corrected chi connectivity index (χ4v) is 2.42. The van der Waals surface area contributed by atoms with Crippen molar-refractivity contribution < 1.29 is 4.74 Å². The highest BCUT2D eigenvalue weighted by Gasteiger charge is 2.29. The van der Waals surface area contributed by atoms with Crippen LogP contribution in [0.3, 0.4) is 0 Å². The van der Waals surface area contributed by atoms with Crippen molar-refractivity contribution in [2.45, 2.75) is 18.9 Å². The third-order valence-electron chi connectivity index (χ3n) is 3.39. The topological polar surface area (TPSA) is 9.23 Å². The van der Waals surface area contributed by atoms with Crippen molar-refractivity contribution in [3.8, 4) is 0 Å². The Morgan fingerprint density at radius 3 is 2.15 bits per heavy atom. The lowest BCUT2D eigenvalue weighted by molar-refractivity contribution is -0.00342. The average molecular weight is 309 g/mol. The Bertz CT molecular complexity index is 524. The zero-order valence-electron chi connectivity index (χ0n) is 11.5. The highest BCUT2D eigenvalue weighted by Crippen LogP contribution is 2.34. The van der Waals surface area contributed by atoms with Crippen LogP contribution < -0.4 is 0 Å². The molecule has 0 spiro atoms. The van der Waals surface area contributed by atoms with Gasteiger partial charge in [-0.15, -0.1) is 11.6 Å². The number of halogens is 2. The second-order valence-corrected chi connectivity index (χ2v) is 5.61. The van der Waals surface area contributed by atoms with Gasteiger partial charge in [0.25, 0.3) is 0 Å². The molecule has 0 amide bonds. The third kappa shape index (κ3) is 3.54. The first-order valence-corrected chi connectivity index (χ1v) is 7.59. The van der Waals surface area contributed by atoms with E-state index < -0.39 is 5.60 Å². The first-order chi connectivity index (χ1) is 9.66. The summed E-state index contributed by atoms with van der Waals surface area (Å²) in [5.41, 5.74) is 1.72. The standard InChI is InChI=1S/C17H18Cl2O/c1-17(20-13-5-12-18,14-6-3-2-4-7-14)15-8-10-16(19)11-9-15/h2-4,6-11H,5,12-13H2,1H3. The maximum Gasteiger partial charge on any atom is 0.115 e. The second kappa shape index (κ2) is 7.12. The molecule has 0 aromatic heterocycles. The first-order valence-electron chi connectivity index (χ1n) is 6.68. The molecule has 1 nitrogen and oxygen atoms in total. The highest BCUT2D eigenvalue weighted by atomic mass is 35.5. The van der Waals surface area contributed by atoms with Crippen molar-refractivity contribution in [1.82, 2.24) is 0 Å². The monoisotopic (exact) mass is 308 g/mol. The van der Waals surface area contributed by atoms with Gasteiger partial charge in [0.15, 0.2) is 0 Å². The quantitative estimate of drug-likeness (QED) is 0.523. The minimum absolute atomic E-state index is 0.488. The molecule has 0 saturated heterocycles. The van der Waals surface area contributed by atoms with Crippen molar-refractivity contribution in [2.24, 2.45) is 0 Å². The SMILES string of the molecule is CC(OCCCCl)(c1ccccc1)c1ccc(Cl)cc1. The van der Waals surface area contributed by atoms with E-state index in [1.165, 1.54) is 0 Å². The summed E-state index contributed by atoms with van der Waals surface area (Å²) in [6, 6.07) is 18.0. The lowest BCUT2D eigenvalue weighted by atomic mass is 9.88. The molecular formula is C17H18Cl2O. The number of hydrogen-bond acceptors (Lipinski definition) is 1. The molecule has 0 heterocycles. The van der Waals surface area contributed by atoms with Crippen LogP contribution in [0, 0.1) is 0 Å². The minimum atomic E-state index is -0.488. The van der Waals surface area contributed by atoms with E-state index >= 15 is 0 Å². The molecule has 1 atom stereocenters. The van der Waals surface area contributed by atoms with Crippen LogP contribution in [-0.2, 0) is 10.3 Å². The molecule has 106 valence electrons. The molecular weight excluding hydrogens is 291 g/mol. The van der Waals surface area contributed by atoms with Gasteiger partial charge in [-0.2, -0.15) is 0 Å². The Hall–Kier alpha value is -1.02. The van der Waals surface area contributed by atoms with Gasteiger partial charge < -0.3 is 4.74 Å². The lowest BCUT2D eigenvalue weighted by Crippen LogP contribution is -2.28. The molecule has 2 rings (SSSR count). The van der Waals surface area contributed by atoms with Crippen molar-refractivity contribution in [2.75, 3.05) is 12.5 Å². The van der Waals surface area contributed by atoms with Gasteiger partial charge in [0.05, 0.1) is 0 Å². The first kappa shape index (κ1) is 15.4. The molecule has 0 aliphatic heterocycles. The van der Waals surface area contributed by atoms with Crippen LogP contribution in [-0.4, -0.2) is 12.5 Å². The molecule has 0 aliphatic carbocycles. The second-order valence-electron chi connectivity index (χ2n) is 4.80. The van der Waals surface area contributed by atoms with Crippen molar-refractivity contribution in [3.63, 3.8) is 0 Å². The van der Waals surface area contributed by atoms with Gasteiger partial charge in [0.2, 0.25) is 0 Å². The largest absolute Gasteiger partial charge is 0.366 e. The van der Waals surface area contributed by atoms with E-state index in [0.29, 0.717) is 12.5 Å². The van der Waals surface area contributed by atoms with Gasteiger partial charge in [-0.3, -0.25) is 0 Å². The molecule has 0 saturated carbocycles. The van der Waals surface area contributed by atoms with Crippen molar-refractivity contribution >= 4 is 23.2 Å². The summed E-state index contributed by atoms with van der Waals surface area (Å²) in [7, 11) is 0. The molecule has 0 fully saturated rings. The normalized spacial score (nSPS) is 13.9. The average Bonchev–Trinajstić information content (AvgIpc) is 2.49. The summed E-state index contributed by atoms with van der Waals surface area (Å²) in [4.78, 5) is 0. The summed E-state index contributed by atoms with van der Waals surface area (Å²) in [6.45, 7) is 2.71. The van der Waals surface area contributed by atoms with Crippen LogP contribution in [0.4, 0.5) is 0 Å². The Morgan fingerprint density at radius 2 is 1.55 bits per heavy atom. The number of ether oxygens (including phenoxy) is 1. The zero-order chi connectivity index (χ0) is 14.4. The third-order valence-corrected chi connectivity index (χ3v) is 3.91. The van der Waals surface area contributed by atoms with Crippen molar-refractivity contribution in [3.05, 3.63) is 70.7 Å². The smallest absolute Gasteiger partial charge is 0.115 e. The Morgan fingerprint density at radius 1 is 0.950 bits per heavy atom. The van der Waals surface area contributed by atoms with Crippen LogP contribution in [0.25, 0.3) is 0 Å². The molecule has 0 aliphatic rings. The molecule has 2 aromatic rings. The number of alkyl halides is 1. The van der Waals surface area contributed by atoms with Crippen LogP contribution >= 0.6 is 23.2 Å². The van der Waals surface area contributed by atoms with Gasteiger partial charge in [0.1, 0.15) is 5.60 Å². The van der Waals surface area contributed by atoms with Gasteiger partial charge in [-0.1, -0.05) is 54.1 Å². The maximum atomic E-state index is 6.15. The molecule has 0 bridgehead atoms. The lowest BCUT2D eigenvalue weighted by Gasteiger charge is -2.31. The minimum Gasteiger partial charge on any atom is -0.366 e. The van der Waals surface area contributed by atoms with Gasteiger partial charge in [-0.25, -0.2) is 0 Å². The van der Waals surface area contributed by atoms with Crippen molar-refractivity contribution in [1.29, 1.82) is 0 Å². The van der Waals surface area contributed by atoms with Crippen LogP contribution in [0.15, 0.2) is 54.6 Å². The fourth-order valence-electron chi connectivity index (χ4n) is 2.19. The molecule has 1 unspecified atom stereocenters. The predicted octanol–water partition coefficient (Wildman–Crippen LogP) is 5.25. The van der Waals surface area contributed by atoms with E-state index in [1.54, 1.807) is 0 Å². The molecule has 3 heteroatoms. The van der Waals surface area contributed by atoms with E-state index in [9.17, 15) is 0 Å². The maximum absolute atomic E-state index is 6.15. The van der Waals surface area contributed by atoms with E-state index in [2.05, 4.69) is 19.1 Å². The van der Waals surface area contributed by atoms with E-state index in [-0.39, 0.29) is 0 Å². The van der Waals surface area contributed by atoms with Gasteiger partial charge >= 0.3 is 0 Å². The number of benzene rings is 2.